The van der Waals surface area contributed by atoms with Crippen molar-refractivity contribution in [2.75, 3.05) is 19.6 Å². The van der Waals surface area contributed by atoms with Gasteiger partial charge in [-0.2, -0.15) is 13.2 Å². The van der Waals surface area contributed by atoms with Crippen LogP contribution >= 0.6 is 0 Å². The molecule has 1 heterocycles. The quantitative estimate of drug-likeness (QED) is 0.929. The Morgan fingerprint density at radius 3 is 2.19 bits per heavy atom. The fraction of sp³-hybridized carbons (Fsp3) is 0.429. The van der Waals surface area contributed by atoms with E-state index in [0.29, 0.717) is 13.1 Å². The van der Waals surface area contributed by atoms with Crippen molar-refractivity contribution in [1.82, 2.24) is 10.2 Å². The standard InChI is InChI=1S/C14H15F3N2O2/c15-14(16,17)11-5-3-10(4-6-11)13(21)18-9-12(20)19-7-1-2-8-19/h3-6H,1-2,7-9H2,(H,18,21). The summed E-state index contributed by atoms with van der Waals surface area (Å²) in [7, 11) is 0. The van der Waals surface area contributed by atoms with Crippen LogP contribution in [0.5, 0.6) is 0 Å². The minimum atomic E-state index is -4.43. The Bertz CT molecular complexity index is 520. The molecule has 0 radical (unpaired) electrons. The third kappa shape index (κ3) is 3.96. The van der Waals surface area contributed by atoms with Crippen LogP contribution in [-0.4, -0.2) is 36.3 Å². The number of hydrogen-bond acceptors (Lipinski definition) is 2. The highest BCUT2D eigenvalue weighted by Gasteiger charge is 2.30. The maximum atomic E-state index is 12.4. The third-order valence-corrected chi connectivity index (χ3v) is 3.33. The zero-order chi connectivity index (χ0) is 15.5. The van der Waals surface area contributed by atoms with Crippen LogP contribution in [0.2, 0.25) is 0 Å². The van der Waals surface area contributed by atoms with Crippen LogP contribution in [0.1, 0.15) is 28.8 Å². The first-order chi connectivity index (χ1) is 9.88. The number of nitrogens with one attached hydrogen (secondary N) is 1. The first-order valence-corrected chi connectivity index (χ1v) is 6.61. The average Bonchev–Trinajstić information content (AvgIpc) is 2.98. The molecule has 1 saturated heterocycles. The van der Waals surface area contributed by atoms with E-state index in [9.17, 15) is 22.8 Å². The summed E-state index contributed by atoms with van der Waals surface area (Å²) in [6.45, 7) is 1.24. The smallest absolute Gasteiger partial charge is 0.343 e. The second-order valence-electron chi connectivity index (χ2n) is 4.85. The van der Waals surface area contributed by atoms with E-state index < -0.39 is 17.6 Å². The Hall–Kier alpha value is -2.05. The minimum absolute atomic E-state index is 0.0946. The van der Waals surface area contributed by atoms with Crippen LogP contribution in [-0.2, 0) is 11.0 Å². The van der Waals surface area contributed by atoms with Crippen LogP contribution in [0.15, 0.2) is 24.3 Å². The second kappa shape index (κ2) is 6.15. The number of benzene rings is 1. The van der Waals surface area contributed by atoms with Gasteiger partial charge in [0.05, 0.1) is 12.1 Å². The Kier molecular flexibility index (Phi) is 4.50. The van der Waals surface area contributed by atoms with Gasteiger partial charge in [0.2, 0.25) is 5.91 Å². The monoisotopic (exact) mass is 300 g/mol. The second-order valence-corrected chi connectivity index (χ2v) is 4.85. The van der Waals surface area contributed by atoms with Gasteiger partial charge in [-0.05, 0) is 37.1 Å². The molecule has 21 heavy (non-hydrogen) atoms. The van der Waals surface area contributed by atoms with E-state index in [-0.39, 0.29) is 18.0 Å². The summed E-state index contributed by atoms with van der Waals surface area (Å²) in [6.07, 6.45) is -2.52. The van der Waals surface area contributed by atoms with Crippen molar-refractivity contribution in [3.63, 3.8) is 0 Å². The fourth-order valence-corrected chi connectivity index (χ4v) is 2.15. The van der Waals surface area contributed by atoms with Crippen molar-refractivity contribution in [3.05, 3.63) is 35.4 Å². The van der Waals surface area contributed by atoms with Gasteiger partial charge in [-0.3, -0.25) is 9.59 Å². The van der Waals surface area contributed by atoms with Gasteiger partial charge in [-0.15, -0.1) is 0 Å². The summed E-state index contributed by atoms with van der Waals surface area (Å²) in [5.74, 6) is -0.732. The summed E-state index contributed by atoms with van der Waals surface area (Å²) >= 11 is 0. The molecule has 2 amide bonds. The lowest BCUT2D eigenvalue weighted by molar-refractivity contribution is -0.137. The highest BCUT2D eigenvalue weighted by atomic mass is 19.4. The van der Waals surface area contributed by atoms with Crippen LogP contribution in [0.25, 0.3) is 0 Å². The molecule has 7 heteroatoms. The summed E-state index contributed by atoms with van der Waals surface area (Å²) < 4.78 is 37.2. The molecule has 0 aromatic heterocycles. The molecule has 1 fully saturated rings. The molecule has 1 aromatic carbocycles. The summed E-state index contributed by atoms with van der Waals surface area (Å²) in [5.41, 5.74) is -0.718. The number of rotatable bonds is 3. The van der Waals surface area contributed by atoms with Gasteiger partial charge < -0.3 is 10.2 Å². The molecule has 1 aromatic rings. The molecular weight excluding hydrogens is 285 g/mol. The molecule has 0 bridgehead atoms. The van der Waals surface area contributed by atoms with Gasteiger partial charge in [0.25, 0.3) is 5.91 Å². The number of halogens is 3. The highest BCUT2D eigenvalue weighted by Crippen LogP contribution is 2.29. The molecule has 0 saturated carbocycles. The molecule has 0 unspecified atom stereocenters. The van der Waals surface area contributed by atoms with Gasteiger partial charge in [0.15, 0.2) is 0 Å². The summed E-state index contributed by atoms with van der Waals surface area (Å²) in [4.78, 5) is 25.2. The Balaban J connectivity index is 1.89. The number of amides is 2. The number of nitrogens with zero attached hydrogens (tertiary/aromatic N) is 1. The number of hydrogen-bond donors (Lipinski definition) is 1. The van der Waals surface area contributed by atoms with Gasteiger partial charge in [0.1, 0.15) is 0 Å². The van der Waals surface area contributed by atoms with Crippen molar-refractivity contribution in [3.8, 4) is 0 Å². The first-order valence-electron chi connectivity index (χ1n) is 6.61. The van der Waals surface area contributed by atoms with Crippen molar-refractivity contribution in [1.29, 1.82) is 0 Å². The Morgan fingerprint density at radius 2 is 1.67 bits per heavy atom. The van der Waals surface area contributed by atoms with E-state index in [2.05, 4.69) is 5.32 Å². The maximum absolute atomic E-state index is 12.4. The van der Waals surface area contributed by atoms with Crippen LogP contribution in [0.3, 0.4) is 0 Å². The molecule has 0 spiro atoms. The first kappa shape index (κ1) is 15.3. The van der Waals surface area contributed by atoms with Gasteiger partial charge in [-0.25, -0.2) is 0 Å². The van der Waals surface area contributed by atoms with E-state index in [1.165, 1.54) is 0 Å². The maximum Gasteiger partial charge on any atom is 0.416 e. The predicted octanol–water partition coefficient (Wildman–Crippen LogP) is 2.06. The van der Waals surface area contributed by atoms with E-state index in [4.69, 9.17) is 0 Å². The normalized spacial score (nSPS) is 15.1. The molecule has 114 valence electrons. The topological polar surface area (TPSA) is 49.4 Å². The highest BCUT2D eigenvalue weighted by molar-refractivity contribution is 5.96. The molecule has 0 atom stereocenters. The Morgan fingerprint density at radius 1 is 1.10 bits per heavy atom. The van der Waals surface area contributed by atoms with Crippen LogP contribution in [0.4, 0.5) is 13.2 Å². The van der Waals surface area contributed by atoms with E-state index >= 15 is 0 Å². The Labute approximate surface area is 119 Å². The zero-order valence-electron chi connectivity index (χ0n) is 11.2. The van der Waals surface area contributed by atoms with E-state index in [1.54, 1.807) is 4.90 Å². The predicted molar refractivity (Wildman–Crippen MR) is 69.6 cm³/mol. The lowest BCUT2D eigenvalue weighted by Gasteiger charge is -2.15. The van der Waals surface area contributed by atoms with Crippen molar-refractivity contribution in [2.45, 2.75) is 19.0 Å². The third-order valence-electron chi connectivity index (χ3n) is 3.33. The average molecular weight is 300 g/mol. The lowest BCUT2D eigenvalue weighted by atomic mass is 10.1. The van der Waals surface area contributed by atoms with Crippen molar-refractivity contribution < 1.29 is 22.8 Å². The number of alkyl halides is 3. The van der Waals surface area contributed by atoms with Gasteiger partial charge >= 0.3 is 6.18 Å². The zero-order valence-corrected chi connectivity index (χ0v) is 11.2. The van der Waals surface area contributed by atoms with Crippen molar-refractivity contribution >= 4 is 11.8 Å². The minimum Gasteiger partial charge on any atom is -0.343 e. The summed E-state index contributed by atoms with van der Waals surface area (Å²) in [5, 5.41) is 2.42. The summed E-state index contributed by atoms with van der Waals surface area (Å²) in [6, 6.07) is 3.88. The van der Waals surface area contributed by atoms with Crippen LogP contribution < -0.4 is 5.32 Å². The number of likely N-dealkylation sites (tertiary alicyclic amines) is 1. The SMILES string of the molecule is O=C(NCC(=O)N1CCCC1)c1ccc(C(F)(F)F)cc1. The molecule has 4 nitrogen and oxygen atoms in total. The molecule has 1 aliphatic heterocycles. The molecular formula is C14H15F3N2O2. The lowest BCUT2D eigenvalue weighted by Crippen LogP contribution is -2.38. The van der Waals surface area contributed by atoms with Gasteiger partial charge in [-0.1, -0.05) is 0 Å². The van der Waals surface area contributed by atoms with Crippen LogP contribution in [0, 0.1) is 0 Å². The van der Waals surface area contributed by atoms with Crippen molar-refractivity contribution in [2.24, 2.45) is 0 Å². The molecule has 1 aliphatic rings. The number of carbonyl (C=O) groups excluding carboxylic acids is 2. The van der Waals surface area contributed by atoms with E-state index in [0.717, 1.165) is 37.1 Å². The molecule has 1 N–H and O–H groups in total. The van der Waals surface area contributed by atoms with Gasteiger partial charge in [0, 0.05) is 18.7 Å². The largest absolute Gasteiger partial charge is 0.416 e. The number of carbonyl (C=O) groups is 2. The fourth-order valence-electron chi connectivity index (χ4n) is 2.15. The van der Waals surface area contributed by atoms with E-state index in [1.807, 2.05) is 0 Å². The molecule has 0 aliphatic carbocycles. The molecule has 2 rings (SSSR count).